The molecule has 0 bridgehead atoms. The van der Waals surface area contributed by atoms with Gasteiger partial charge in [0.05, 0.1) is 0 Å². The molecule has 0 aliphatic rings. The van der Waals surface area contributed by atoms with E-state index in [9.17, 15) is 0 Å². The van der Waals surface area contributed by atoms with E-state index in [1.54, 1.807) is 6.92 Å². The molecule has 0 rings (SSSR count). The molecule has 0 fully saturated rings. The van der Waals surface area contributed by atoms with Crippen LogP contribution in [0.15, 0.2) is 0 Å². The normalized spacial score (nSPS) is 3.00. The van der Waals surface area contributed by atoms with Crippen molar-refractivity contribution in [2.45, 2.75) is 6.92 Å². The van der Waals surface area contributed by atoms with Gasteiger partial charge in [-0.2, -0.15) is 0 Å². The van der Waals surface area contributed by atoms with E-state index in [2.05, 4.69) is 0 Å². The Hall–Kier alpha value is 2.99. The zero-order valence-electron chi connectivity index (χ0n) is 3.62. The Morgan fingerprint density at radius 2 is 1.33 bits per heavy atom. The van der Waals surface area contributed by atoms with Crippen LogP contribution in [-0.2, 0) is 0 Å². The van der Waals surface area contributed by atoms with Crippen molar-refractivity contribution in [3.05, 3.63) is 0 Å². The van der Waals surface area contributed by atoms with E-state index in [1.807, 2.05) is 0 Å². The predicted octanol–water partition coefficient (Wildman–Crippen LogP) is -6.37. The molecule has 4 heteroatoms. The van der Waals surface area contributed by atoms with Gasteiger partial charge in [0.2, 0.25) is 0 Å². The second-order valence-corrected chi connectivity index (χ2v) is 0.316. The van der Waals surface area contributed by atoms with Gasteiger partial charge in [0.15, 0.2) is 0 Å². The average Bonchev–Trinajstić information content (AvgIpc) is 0.918. The molecule has 0 aliphatic heterocycles. The van der Waals surface area contributed by atoms with Crippen LogP contribution in [0.1, 0.15) is 6.92 Å². The number of hydrogen-bond acceptors (Lipinski definition) is 1. The van der Waals surface area contributed by atoms with Crippen molar-refractivity contribution in [1.29, 1.82) is 0 Å². The minimum Gasteiger partial charge on any atom is -1.00 e. The molecule has 1 nitrogen and oxygen atoms in total. The molecular formula is C2H6BaI2O. The van der Waals surface area contributed by atoms with Gasteiger partial charge in [-0.05, 0) is 6.92 Å². The fraction of sp³-hybridized carbons (Fsp3) is 1.00. The van der Waals surface area contributed by atoms with Crippen LogP contribution in [0, 0.1) is 0 Å². The summed E-state index contributed by atoms with van der Waals surface area (Å²) < 4.78 is 0. The summed E-state index contributed by atoms with van der Waals surface area (Å²) in [4.78, 5) is 0. The molecule has 0 spiro atoms. The first-order chi connectivity index (χ1) is 1.41. The van der Waals surface area contributed by atoms with Crippen molar-refractivity contribution in [2.24, 2.45) is 0 Å². The van der Waals surface area contributed by atoms with Crippen molar-refractivity contribution in [3.8, 4) is 0 Å². The summed E-state index contributed by atoms with van der Waals surface area (Å²) in [5, 5.41) is 7.57. The van der Waals surface area contributed by atoms with Gasteiger partial charge in [-0.1, -0.05) is 0 Å². The third-order valence-corrected chi connectivity index (χ3v) is 0. The van der Waals surface area contributed by atoms with Crippen LogP contribution in [0.3, 0.4) is 0 Å². The summed E-state index contributed by atoms with van der Waals surface area (Å²) in [6, 6.07) is 0. The topological polar surface area (TPSA) is 20.2 Å². The molecule has 0 radical (unpaired) electrons. The molecule has 0 amide bonds. The fourth-order valence-corrected chi connectivity index (χ4v) is 0. The largest absolute Gasteiger partial charge is 2.00 e. The minimum absolute atomic E-state index is 0. The molecule has 0 aliphatic carbocycles. The van der Waals surface area contributed by atoms with Gasteiger partial charge >= 0.3 is 48.9 Å². The quantitative estimate of drug-likeness (QED) is 0.296. The van der Waals surface area contributed by atoms with E-state index < -0.39 is 0 Å². The molecule has 0 saturated carbocycles. The van der Waals surface area contributed by atoms with E-state index in [4.69, 9.17) is 5.11 Å². The summed E-state index contributed by atoms with van der Waals surface area (Å²) in [5.41, 5.74) is 0. The zero-order valence-corrected chi connectivity index (χ0v) is 12.4. The van der Waals surface area contributed by atoms with Crippen LogP contribution in [0.25, 0.3) is 0 Å². The Bertz CT molecular complexity index is 11.5. The van der Waals surface area contributed by atoms with Gasteiger partial charge in [0.1, 0.15) is 0 Å². The number of hydrogen-bond donors (Lipinski definition) is 1. The van der Waals surface area contributed by atoms with Gasteiger partial charge in [-0.25, -0.2) is 0 Å². The maximum atomic E-state index is 7.57. The molecule has 0 aromatic rings. The molecule has 0 aromatic heterocycles. The van der Waals surface area contributed by atoms with Crippen LogP contribution in [0.4, 0.5) is 0 Å². The Kier molecular flexibility index (Phi) is 94.2. The van der Waals surface area contributed by atoms with Gasteiger partial charge in [0, 0.05) is 6.61 Å². The van der Waals surface area contributed by atoms with Crippen molar-refractivity contribution >= 4 is 48.9 Å². The van der Waals surface area contributed by atoms with Crippen LogP contribution < -0.4 is 48.0 Å². The van der Waals surface area contributed by atoms with E-state index in [0.717, 1.165) is 0 Å². The second-order valence-electron chi connectivity index (χ2n) is 0.316. The van der Waals surface area contributed by atoms with E-state index in [0.29, 0.717) is 0 Å². The SMILES string of the molecule is CCO.[Ba+2].[I-].[I-]. The smallest absolute Gasteiger partial charge is 1.00 e. The summed E-state index contributed by atoms with van der Waals surface area (Å²) in [6.07, 6.45) is 0. The average molecular weight is 437 g/mol. The Labute approximate surface area is 113 Å². The van der Waals surface area contributed by atoms with Crippen molar-refractivity contribution in [2.75, 3.05) is 6.61 Å². The molecule has 0 atom stereocenters. The van der Waals surface area contributed by atoms with Crippen molar-refractivity contribution in [1.82, 2.24) is 0 Å². The van der Waals surface area contributed by atoms with Crippen molar-refractivity contribution < 1.29 is 53.1 Å². The summed E-state index contributed by atoms with van der Waals surface area (Å²) in [6.45, 7) is 1.93. The fourth-order valence-electron chi connectivity index (χ4n) is 0. The molecule has 6 heavy (non-hydrogen) atoms. The minimum atomic E-state index is 0. The van der Waals surface area contributed by atoms with Crippen LogP contribution >= 0.6 is 0 Å². The molecule has 0 heterocycles. The van der Waals surface area contributed by atoms with Crippen LogP contribution in [0.5, 0.6) is 0 Å². The number of rotatable bonds is 0. The van der Waals surface area contributed by atoms with E-state index in [1.165, 1.54) is 0 Å². The summed E-state index contributed by atoms with van der Waals surface area (Å²) in [5.74, 6) is 0. The third kappa shape index (κ3) is 28.0. The molecule has 36 valence electrons. The third-order valence-electron chi connectivity index (χ3n) is 0. The monoisotopic (exact) mass is 438 g/mol. The summed E-state index contributed by atoms with van der Waals surface area (Å²) >= 11 is 0. The second kappa shape index (κ2) is 24.5. The Morgan fingerprint density at radius 1 is 1.33 bits per heavy atom. The molecule has 0 saturated heterocycles. The standard InChI is InChI=1S/C2H6O.Ba.2HI/c1-2-3;;;/h3H,2H2,1H3;;2*1H/q;+2;;/p-2. The maximum Gasteiger partial charge on any atom is 2.00 e. The van der Waals surface area contributed by atoms with Gasteiger partial charge in [-0.3, -0.25) is 0 Å². The number of aliphatic hydroxyl groups excluding tert-OH is 1. The molecule has 1 N–H and O–H groups in total. The summed E-state index contributed by atoms with van der Waals surface area (Å²) in [7, 11) is 0. The van der Waals surface area contributed by atoms with Crippen LogP contribution in [-0.4, -0.2) is 60.6 Å². The van der Waals surface area contributed by atoms with Crippen LogP contribution in [0.2, 0.25) is 0 Å². The Balaban J connectivity index is -0.00000000667. The van der Waals surface area contributed by atoms with Crippen molar-refractivity contribution in [3.63, 3.8) is 0 Å². The van der Waals surface area contributed by atoms with E-state index >= 15 is 0 Å². The first-order valence-electron chi connectivity index (χ1n) is 1.02. The Morgan fingerprint density at radius 3 is 1.33 bits per heavy atom. The number of aliphatic hydroxyl groups is 1. The predicted molar refractivity (Wildman–Crippen MR) is 18.5 cm³/mol. The van der Waals surface area contributed by atoms with Gasteiger partial charge < -0.3 is 53.1 Å². The van der Waals surface area contributed by atoms with Gasteiger partial charge in [-0.15, -0.1) is 0 Å². The first kappa shape index (κ1) is 23.0. The molecule has 0 unspecified atom stereocenters. The maximum absolute atomic E-state index is 7.57. The molecule has 0 aromatic carbocycles. The zero-order chi connectivity index (χ0) is 2.71. The first-order valence-corrected chi connectivity index (χ1v) is 1.02. The van der Waals surface area contributed by atoms with Gasteiger partial charge in [0.25, 0.3) is 0 Å². The van der Waals surface area contributed by atoms with E-state index in [-0.39, 0.29) is 103 Å². The number of halogens is 2. The molecular weight excluding hydrogens is 431 g/mol.